The van der Waals surface area contributed by atoms with Gasteiger partial charge in [-0.2, -0.15) is 0 Å². The molecule has 12 heteroatoms. The van der Waals surface area contributed by atoms with Gasteiger partial charge in [-0.15, -0.1) is 0 Å². The van der Waals surface area contributed by atoms with Gasteiger partial charge < -0.3 is 33.7 Å². The van der Waals surface area contributed by atoms with Crippen LogP contribution in [0.25, 0.3) is 0 Å². The Balaban J connectivity index is 1.80. The number of ether oxygens (including phenoxy) is 5. The number of carbonyl (C=O) groups excluding carboxylic acids is 3. The van der Waals surface area contributed by atoms with Gasteiger partial charge in [0.1, 0.15) is 34.7 Å². The monoisotopic (exact) mass is 634 g/mol. The number of methoxy groups -OCH3 is 2. The molecule has 0 radical (unpaired) electrons. The number of alkyl carbamates (subject to hydrolysis) is 1. The lowest BCUT2D eigenvalue weighted by atomic mass is 9.83. The molecule has 0 unspecified atom stereocenters. The van der Waals surface area contributed by atoms with Crippen LogP contribution in [0, 0.1) is 11.8 Å². The number of anilines is 1. The van der Waals surface area contributed by atoms with Crippen LogP contribution < -0.4 is 15.0 Å². The smallest absolute Gasteiger partial charge is 0.409 e. The number of carbonyl (C=O) groups is 3. The summed E-state index contributed by atoms with van der Waals surface area (Å²) >= 11 is 6.68. The molecule has 2 saturated heterocycles. The van der Waals surface area contributed by atoms with Crippen molar-refractivity contribution < 1.29 is 43.2 Å². The van der Waals surface area contributed by atoms with E-state index in [1.807, 2.05) is 32.1 Å². The molecule has 1 aromatic carbocycles. The van der Waals surface area contributed by atoms with Crippen LogP contribution in [-0.2, 0) is 35.0 Å². The number of hydrogen-bond donors (Lipinski definition) is 2. The zero-order valence-corrected chi connectivity index (χ0v) is 27.3. The molecule has 1 aromatic rings. The van der Waals surface area contributed by atoms with Crippen LogP contribution in [0.1, 0.15) is 53.0 Å². The fourth-order valence-electron chi connectivity index (χ4n) is 5.88. The minimum atomic E-state index is -1.77. The van der Waals surface area contributed by atoms with E-state index in [4.69, 9.17) is 35.3 Å². The topological polar surface area (TPSA) is 136 Å². The lowest BCUT2D eigenvalue weighted by Gasteiger charge is -2.42. The van der Waals surface area contributed by atoms with Crippen LogP contribution in [0.15, 0.2) is 35.9 Å². The summed E-state index contributed by atoms with van der Waals surface area (Å²) in [5.74, 6) is -1.30. The summed E-state index contributed by atoms with van der Waals surface area (Å²) in [7, 11) is 4.56. The maximum absolute atomic E-state index is 13.8. The van der Waals surface area contributed by atoms with E-state index in [1.165, 1.54) is 19.1 Å². The summed E-state index contributed by atoms with van der Waals surface area (Å²) in [6.45, 7) is 8.95. The molecule has 7 atom stereocenters. The molecule has 0 spiro atoms. The molecular weight excluding hydrogens is 592 g/mol. The molecule has 44 heavy (non-hydrogen) atoms. The highest BCUT2D eigenvalue weighted by atomic mass is 35.5. The molecule has 2 fully saturated rings. The quantitative estimate of drug-likeness (QED) is 0.366. The fourth-order valence-corrected chi connectivity index (χ4v) is 6.19. The van der Waals surface area contributed by atoms with E-state index in [2.05, 4.69) is 5.32 Å². The summed E-state index contributed by atoms with van der Waals surface area (Å²) < 4.78 is 28.8. The van der Waals surface area contributed by atoms with Crippen LogP contribution in [0.5, 0.6) is 5.75 Å². The highest BCUT2D eigenvalue weighted by molar-refractivity contribution is 6.35. The molecule has 2 N–H and O–H groups in total. The number of benzene rings is 1. The minimum absolute atomic E-state index is 0.00361. The minimum Gasteiger partial charge on any atom is -0.495 e. The lowest BCUT2D eigenvalue weighted by Crippen LogP contribution is -2.63. The van der Waals surface area contributed by atoms with E-state index < -0.39 is 59.6 Å². The van der Waals surface area contributed by atoms with Gasteiger partial charge in [-0.05, 0) is 38.0 Å². The molecule has 3 heterocycles. The molecule has 0 aliphatic carbocycles. The van der Waals surface area contributed by atoms with Crippen molar-refractivity contribution in [3.63, 3.8) is 0 Å². The number of halogens is 1. The van der Waals surface area contributed by atoms with Gasteiger partial charge in [-0.1, -0.05) is 56.2 Å². The first-order chi connectivity index (χ1) is 20.6. The van der Waals surface area contributed by atoms with Crippen LogP contribution in [0.2, 0.25) is 5.02 Å². The van der Waals surface area contributed by atoms with Gasteiger partial charge in [0.05, 0.1) is 31.2 Å². The van der Waals surface area contributed by atoms with Crippen molar-refractivity contribution in [3.05, 3.63) is 46.5 Å². The zero-order chi connectivity index (χ0) is 32.6. The Hall–Kier alpha value is -3.12. The Morgan fingerprint density at radius 2 is 1.95 bits per heavy atom. The van der Waals surface area contributed by atoms with Crippen molar-refractivity contribution in [2.45, 2.75) is 89.6 Å². The van der Waals surface area contributed by atoms with Crippen molar-refractivity contribution >= 4 is 35.3 Å². The van der Waals surface area contributed by atoms with E-state index in [0.717, 1.165) is 11.1 Å². The van der Waals surface area contributed by atoms with Crippen LogP contribution in [0.4, 0.5) is 10.5 Å². The average Bonchev–Trinajstić information content (AvgIpc) is 3.66. The Bertz CT molecular complexity index is 1350. The van der Waals surface area contributed by atoms with E-state index >= 15 is 0 Å². The molecule has 4 bridgehead atoms. The van der Waals surface area contributed by atoms with Crippen molar-refractivity contribution in [2.24, 2.45) is 11.8 Å². The third-order valence-corrected chi connectivity index (χ3v) is 9.06. The van der Waals surface area contributed by atoms with Gasteiger partial charge in [0.15, 0.2) is 5.72 Å². The standard InChI is InChI=1S/C32H43ClN2O9/c1-17(2)29(37)43-25-15-26(36)35(6)21-13-20(14-22(40-7)27(21)33)12-18(3)10-9-11-24(41-8)32(39)16-23(42-30(38)34-32)19(4)28-31(25,5)44-28/h9-11,13-14,17,19,23-25,28,39H,12,15-16H2,1-8H3,(H,34,38)/t19-,23+,24-,25+,28-,31+,32+/m1/s1. The number of epoxide rings is 1. The average molecular weight is 635 g/mol. The highest BCUT2D eigenvalue weighted by Crippen LogP contribution is 2.49. The number of nitrogens with one attached hydrogen (secondary N) is 1. The molecule has 3 aliphatic rings. The maximum atomic E-state index is 13.8. The van der Waals surface area contributed by atoms with Crippen molar-refractivity contribution in [2.75, 3.05) is 26.2 Å². The van der Waals surface area contributed by atoms with E-state index in [9.17, 15) is 19.5 Å². The second-order valence-corrected chi connectivity index (χ2v) is 12.8. The number of fused-ring (bicyclic) bond motifs is 5. The van der Waals surface area contributed by atoms with Crippen molar-refractivity contribution in [3.8, 4) is 5.75 Å². The number of esters is 1. The van der Waals surface area contributed by atoms with Gasteiger partial charge in [-0.25, -0.2) is 4.79 Å². The summed E-state index contributed by atoms with van der Waals surface area (Å²) in [5.41, 5.74) is -0.587. The lowest BCUT2D eigenvalue weighted by molar-refractivity contribution is -0.157. The number of amides is 2. The van der Waals surface area contributed by atoms with Crippen molar-refractivity contribution in [1.82, 2.24) is 5.32 Å². The summed E-state index contributed by atoms with van der Waals surface area (Å²) in [6.07, 6.45) is 1.65. The molecular formula is C32H43ClN2O9. The Morgan fingerprint density at radius 3 is 2.59 bits per heavy atom. The predicted molar refractivity (Wildman–Crippen MR) is 164 cm³/mol. The van der Waals surface area contributed by atoms with Crippen LogP contribution in [-0.4, -0.2) is 80.1 Å². The number of allylic oxidation sites excluding steroid dienone is 3. The number of rotatable bonds is 4. The van der Waals surface area contributed by atoms with Gasteiger partial charge in [0.2, 0.25) is 5.91 Å². The molecule has 4 rings (SSSR count). The van der Waals surface area contributed by atoms with E-state index in [1.54, 1.807) is 40.0 Å². The normalized spacial score (nSPS) is 32.8. The first kappa shape index (κ1) is 33.8. The van der Waals surface area contributed by atoms with Gasteiger partial charge in [0, 0.05) is 26.5 Å². The van der Waals surface area contributed by atoms with Crippen molar-refractivity contribution in [1.29, 1.82) is 0 Å². The molecule has 3 aliphatic heterocycles. The first-order valence-electron chi connectivity index (χ1n) is 14.7. The Morgan fingerprint density at radius 1 is 1.25 bits per heavy atom. The van der Waals surface area contributed by atoms with Crippen LogP contribution >= 0.6 is 11.6 Å². The third kappa shape index (κ3) is 6.91. The Labute approximate surface area is 263 Å². The number of hydrogen-bond acceptors (Lipinski definition) is 9. The third-order valence-electron chi connectivity index (χ3n) is 8.68. The number of aliphatic hydroxyl groups is 1. The first-order valence-corrected chi connectivity index (χ1v) is 15.1. The second-order valence-electron chi connectivity index (χ2n) is 12.4. The van der Waals surface area contributed by atoms with Gasteiger partial charge in [-0.3, -0.25) is 14.9 Å². The fraction of sp³-hybridized carbons (Fsp3) is 0.594. The second kappa shape index (κ2) is 13.1. The van der Waals surface area contributed by atoms with E-state index in [-0.39, 0.29) is 23.8 Å². The van der Waals surface area contributed by atoms with Gasteiger partial charge >= 0.3 is 12.1 Å². The zero-order valence-electron chi connectivity index (χ0n) is 26.5. The number of nitrogens with zero attached hydrogens (tertiary/aromatic N) is 1. The molecule has 0 aromatic heterocycles. The molecule has 11 nitrogen and oxygen atoms in total. The largest absolute Gasteiger partial charge is 0.495 e. The molecule has 2 amide bonds. The summed E-state index contributed by atoms with van der Waals surface area (Å²) in [4.78, 5) is 40.7. The van der Waals surface area contributed by atoms with Gasteiger partial charge in [0.25, 0.3) is 0 Å². The molecule has 0 saturated carbocycles. The maximum Gasteiger partial charge on any atom is 0.409 e. The summed E-state index contributed by atoms with van der Waals surface area (Å²) in [6, 6.07) is 3.63. The summed E-state index contributed by atoms with van der Waals surface area (Å²) in [5, 5.41) is 14.4. The van der Waals surface area contributed by atoms with Crippen LogP contribution in [0.3, 0.4) is 0 Å². The Kier molecular flexibility index (Phi) is 10.0. The highest BCUT2D eigenvalue weighted by Gasteiger charge is 2.64. The molecule has 242 valence electrons. The predicted octanol–water partition coefficient (Wildman–Crippen LogP) is 4.32. The SMILES string of the molecule is COc1cc2cc(c1Cl)N(C)C(=O)C[C@H](OC(=O)C(C)C)[C@]1(C)O[C@@H]1[C@H](C)[C@@H]1C[C@@](O)(NC(=O)O1)[C@H](OC)C=CC=C(C)C2. The van der Waals surface area contributed by atoms with E-state index in [0.29, 0.717) is 17.9 Å².